The van der Waals surface area contributed by atoms with Crippen LogP contribution in [0.3, 0.4) is 0 Å². The molecule has 1 fully saturated rings. The van der Waals surface area contributed by atoms with Gasteiger partial charge in [-0.05, 0) is 62.2 Å². The molecule has 7 nitrogen and oxygen atoms in total. The number of hydrogen-bond acceptors (Lipinski definition) is 7. The molecule has 0 bridgehead atoms. The lowest BCUT2D eigenvalue weighted by Gasteiger charge is -2.36. The maximum Gasteiger partial charge on any atom is 0.342 e. The third-order valence-electron chi connectivity index (χ3n) is 6.81. The first kappa shape index (κ1) is 26.8. The summed E-state index contributed by atoms with van der Waals surface area (Å²) in [6, 6.07) is 16.8. The monoisotopic (exact) mass is 501 g/mol. The molecule has 1 saturated heterocycles. The Kier molecular flexibility index (Phi) is 9.25. The first-order chi connectivity index (χ1) is 17.9. The second-order valence-electron chi connectivity index (χ2n) is 9.96. The molecule has 3 heterocycles. The summed E-state index contributed by atoms with van der Waals surface area (Å²) in [4.78, 5) is 28.6. The molecule has 37 heavy (non-hydrogen) atoms. The van der Waals surface area contributed by atoms with Crippen molar-refractivity contribution in [3.63, 3.8) is 0 Å². The zero-order valence-corrected chi connectivity index (χ0v) is 22.6. The van der Waals surface area contributed by atoms with Gasteiger partial charge in [-0.1, -0.05) is 37.3 Å². The highest BCUT2D eigenvalue weighted by atomic mass is 16.5. The summed E-state index contributed by atoms with van der Waals surface area (Å²) < 4.78 is 5.42. The predicted molar refractivity (Wildman–Crippen MR) is 147 cm³/mol. The van der Waals surface area contributed by atoms with Gasteiger partial charge < -0.3 is 9.64 Å². The summed E-state index contributed by atoms with van der Waals surface area (Å²) in [6.45, 7) is 15.3. The number of carbonyl (C=O) groups is 1. The Morgan fingerprint density at radius 1 is 0.946 bits per heavy atom. The molecule has 7 heteroatoms. The Bertz CT molecular complexity index is 1160. The number of pyridine rings is 2. The Labute approximate surface area is 221 Å². The fourth-order valence-corrected chi connectivity index (χ4v) is 4.68. The number of anilines is 1. The molecule has 2 aromatic heterocycles. The van der Waals surface area contributed by atoms with E-state index in [9.17, 15) is 4.79 Å². The summed E-state index contributed by atoms with van der Waals surface area (Å²) in [5.74, 6) is 0.414. The highest BCUT2D eigenvalue weighted by Gasteiger charge is 2.23. The Balaban J connectivity index is 1.30. The van der Waals surface area contributed by atoms with E-state index in [0.29, 0.717) is 5.56 Å². The van der Waals surface area contributed by atoms with Gasteiger partial charge in [0.1, 0.15) is 11.4 Å². The third-order valence-corrected chi connectivity index (χ3v) is 6.81. The van der Waals surface area contributed by atoms with Crippen molar-refractivity contribution in [3.8, 4) is 0 Å². The van der Waals surface area contributed by atoms with Crippen molar-refractivity contribution in [2.45, 2.75) is 53.4 Å². The summed E-state index contributed by atoms with van der Waals surface area (Å²) in [5, 5.41) is 0. The number of hydrogen-bond donors (Lipinski definition) is 0. The molecular formula is C30H39N5O2. The molecule has 3 aromatic rings. The number of carbonyl (C=O) groups excluding carboxylic acids is 1. The van der Waals surface area contributed by atoms with E-state index in [-0.39, 0.29) is 12.1 Å². The zero-order valence-electron chi connectivity index (χ0n) is 22.6. The van der Waals surface area contributed by atoms with Gasteiger partial charge in [0, 0.05) is 63.9 Å². The van der Waals surface area contributed by atoms with Crippen molar-refractivity contribution in [1.82, 2.24) is 19.8 Å². The number of nitrogens with zero attached hydrogens (tertiary/aromatic N) is 5. The fraction of sp³-hybridized carbons (Fsp3) is 0.433. The molecule has 1 aromatic carbocycles. The van der Waals surface area contributed by atoms with Gasteiger partial charge in [-0.15, -0.1) is 0 Å². The zero-order chi connectivity index (χ0) is 26.2. The van der Waals surface area contributed by atoms with Crippen molar-refractivity contribution in [1.29, 1.82) is 0 Å². The normalized spacial score (nSPS) is 14.4. The molecule has 0 saturated carbocycles. The van der Waals surface area contributed by atoms with Crippen LogP contribution in [0.25, 0.3) is 0 Å². The molecular weight excluding hydrogens is 462 g/mol. The van der Waals surface area contributed by atoms with Crippen LogP contribution in [0.1, 0.15) is 53.5 Å². The number of esters is 1. The predicted octanol–water partition coefficient (Wildman–Crippen LogP) is 4.69. The molecule has 0 spiro atoms. The van der Waals surface area contributed by atoms with E-state index in [4.69, 9.17) is 4.74 Å². The maximum atomic E-state index is 12.5. The van der Waals surface area contributed by atoms with Crippen molar-refractivity contribution in [2.24, 2.45) is 0 Å². The van der Waals surface area contributed by atoms with Crippen LogP contribution in [0, 0.1) is 6.92 Å². The first-order valence-corrected chi connectivity index (χ1v) is 13.3. The molecule has 4 rings (SSSR count). The van der Waals surface area contributed by atoms with Gasteiger partial charge in [-0.25, -0.2) is 9.78 Å². The Morgan fingerprint density at radius 2 is 1.62 bits per heavy atom. The average Bonchev–Trinajstić information content (AvgIpc) is 2.90. The number of aryl methyl sites for hydroxylation is 1. The second-order valence-corrected chi connectivity index (χ2v) is 9.96. The summed E-state index contributed by atoms with van der Waals surface area (Å²) in [7, 11) is 0. The smallest absolute Gasteiger partial charge is 0.342 e. The van der Waals surface area contributed by atoms with Gasteiger partial charge in [-0.2, -0.15) is 0 Å². The van der Waals surface area contributed by atoms with E-state index in [1.807, 2.05) is 26.1 Å². The highest BCUT2D eigenvalue weighted by Crippen LogP contribution is 2.21. The van der Waals surface area contributed by atoms with E-state index < -0.39 is 0 Å². The lowest BCUT2D eigenvalue weighted by Crippen LogP contribution is -2.46. The molecule has 0 unspecified atom stereocenters. The third kappa shape index (κ3) is 7.37. The molecule has 1 aliphatic heterocycles. The van der Waals surface area contributed by atoms with Crippen molar-refractivity contribution < 1.29 is 9.53 Å². The van der Waals surface area contributed by atoms with E-state index in [1.165, 1.54) is 16.7 Å². The number of aromatic nitrogens is 2. The van der Waals surface area contributed by atoms with Crippen LogP contribution in [0.4, 0.5) is 5.82 Å². The van der Waals surface area contributed by atoms with E-state index in [0.717, 1.165) is 63.9 Å². The minimum absolute atomic E-state index is 0.154. The van der Waals surface area contributed by atoms with Gasteiger partial charge in [0.15, 0.2) is 0 Å². The average molecular weight is 502 g/mol. The minimum atomic E-state index is -0.308. The van der Waals surface area contributed by atoms with Gasteiger partial charge in [0.05, 0.1) is 6.10 Å². The molecule has 0 aliphatic carbocycles. The van der Waals surface area contributed by atoms with Gasteiger partial charge >= 0.3 is 5.97 Å². The summed E-state index contributed by atoms with van der Waals surface area (Å²) in [6.07, 6.45) is 3.44. The van der Waals surface area contributed by atoms with E-state index in [2.05, 4.69) is 68.8 Å². The van der Waals surface area contributed by atoms with Crippen LogP contribution >= 0.6 is 0 Å². The molecule has 0 radical (unpaired) electrons. The van der Waals surface area contributed by atoms with Crippen LogP contribution in [0.15, 0.2) is 60.9 Å². The van der Waals surface area contributed by atoms with Crippen molar-refractivity contribution >= 4 is 11.8 Å². The maximum absolute atomic E-state index is 12.5. The quantitative estimate of drug-likeness (QED) is 0.373. The van der Waals surface area contributed by atoms with Crippen molar-refractivity contribution in [3.05, 3.63) is 88.9 Å². The Hall–Kier alpha value is -3.29. The number of ether oxygens (including phenoxy) is 1. The molecule has 0 atom stereocenters. The Morgan fingerprint density at radius 3 is 2.30 bits per heavy atom. The van der Waals surface area contributed by atoms with E-state index >= 15 is 0 Å². The fourth-order valence-electron chi connectivity index (χ4n) is 4.68. The topological polar surface area (TPSA) is 61.8 Å². The number of benzene rings is 1. The molecule has 0 amide bonds. The first-order valence-electron chi connectivity index (χ1n) is 13.3. The minimum Gasteiger partial charge on any atom is -0.459 e. The van der Waals surface area contributed by atoms with Crippen LogP contribution < -0.4 is 4.90 Å². The lowest BCUT2D eigenvalue weighted by molar-refractivity contribution is 0.0378. The van der Waals surface area contributed by atoms with Crippen LogP contribution in [-0.4, -0.2) is 64.6 Å². The number of rotatable bonds is 10. The molecule has 0 N–H and O–H groups in total. The molecule has 1 aliphatic rings. The largest absolute Gasteiger partial charge is 0.459 e. The van der Waals surface area contributed by atoms with Gasteiger partial charge in [-0.3, -0.25) is 14.8 Å². The van der Waals surface area contributed by atoms with Gasteiger partial charge in [0.25, 0.3) is 0 Å². The SMILES string of the molecule is CCN(Cc1ccc(CN2CCN(c3ncccc3C(=O)OC(C)C)CC2)cc1)Cc1cccnc1C. The summed E-state index contributed by atoms with van der Waals surface area (Å²) in [5.41, 5.74) is 5.58. The standard InChI is InChI=1S/C30H39N5O2/c1-5-33(22-27-8-6-14-31-24(27)4)20-25-10-12-26(13-11-25)21-34-16-18-35(19-17-34)29-28(9-7-15-32-29)30(36)37-23(2)3/h6-15,23H,5,16-22H2,1-4H3. The van der Waals surface area contributed by atoms with Crippen molar-refractivity contribution in [2.75, 3.05) is 37.6 Å². The molecule has 196 valence electrons. The van der Waals surface area contributed by atoms with Crippen LogP contribution in [0.2, 0.25) is 0 Å². The second kappa shape index (κ2) is 12.8. The lowest BCUT2D eigenvalue weighted by atomic mass is 10.1. The summed E-state index contributed by atoms with van der Waals surface area (Å²) >= 11 is 0. The highest BCUT2D eigenvalue weighted by molar-refractivity contribution is 5.94. The van der Waals surface area contributed by atoms with Crippen LogP contribution in [0.5, 0.6) is 0 Å². The van der Waals surface area contributed by atoms with E-state index in [1.54, 1.807) is 18.3 Å². The van der Waals surface area contributed by atoms with Gasteiger partial charge in [0.2, 0.25) is 0 Å². The number of piperazine rings is 1. The van der Waals surface area contributed by atoms with Crippen LogP contribution in [-0.2, 0) is 24.4 Å².